The Kier molecular flexibility index (Phi) is 5.81. The number of halogens is 1. The van der Waals surface area contributed by atoms with Crippen LogP contribution in [0, 0.1) is 0 Å². The molecule has 2 heterocycles. The predicted octanol–water partition coefficient (Wildman–Crippen LogP) is 5.83. The largest absolute Gasteiger partial charge is 0.478 e. The van der Waals surface area contributed by atoms with Crippen LogP contribution < -0.4 is 0 Å². The Morgan fingerprint density at radius 3 is 2.72 bits per heavy atom. The Morgan fingerprint density at radius 2 is 2.00 bits per heavy atom. The molecule has 0 unspecified atom stereocenters. The van der Waals surface area contributed by atoms with E-state index in [2.05, 4.69) is 0 Å². The molecule has 1 saturated heterocycles. The van der Waals surface area contributed by atoms with E-state index in [-0.39, 0.29) is 22.5 Å². The summed E-state index contributed by atoms with van der Waals surface area (Å²) in [5.41, 5.74) is 0.608. The second kappa shape index (κ2) is 8.34. The highest BCUT2D eigenvalue weighted by molar-refractivity contribution is 8.26. The third-order valence-corrected chi connectivity index (χ3v) is 6.80. The highest BCUT2D eigenvalue weighted by atomic mass is 35.5. The fourth-order valence-electron chi connectivity index (χ4n) is 3.69. The first kappa shape index (κ1) is 20.2. The van der Waals surface area contributed by atoms with Gasteiger partial charge in [0.05, 0.1) is 15.5 Å². The average molecular weight is 448 g/mol. The Balaban J connectivity index is 1.57. The van der Waals surface area contributed by atoms with Gasteiger partial charge < -0.3 is 9.52 Å². The van der Waals surface area contributed by atoms with Crippen molar-refractivity contribution < 1.29 is 19.1 Å². The second-order valence-corrected chi connectivity index (χ2v) is 9.13. The molecule has 1 aliphatic carbocycles. The molecule has 0 atom stereocenters. The zero-order chi connectivity index (χ0) is 20.5. The molecule has 0 bridgehead atoms. The minimum Gasteiger partial charge on any atom is -0.478 e. The number of hydrogen-bond acceptors (Lipinski definition) is 5. The Bertz CT molecular complexity index is 1020. The molecular formula is C21H18ClNO4S2. The summed E-state index contributed by atoms with van der Waals surface area (Å²) >= 11 is 12.7. The van der Waals surface area contributed by atoms with Crippen molar-refractivity contribution in [2.24, 2.45) is 0 Å². The lowest BCUT2D eigenvalue weighted by Crippen LogP contribution is -2.39. The van der Waals surface area contributed by atoms with Gasteiger partial charge in [-0.15, -0.1) is 0 Å². The highest BCUT2D eigenvalue weighted by Gasteiger charge is 2.37. The summed E-state index contributed by atoms with van der Waals surface area (Å²) in [5, 5.41) is 9.40. The van der Waals surface area contributed by atoms with Crippen molar-refractivity contribution in [2.75, 3.05) is 0 Å². The van der Waals surface area contributed by atoms with Gasteiger partial charge in [-0.2, -0.15) is 0 Å². The average Bonchev–Trinajstić information content (AvgIpc) is 3.27. The summed E-state index contributed by atoms with van der Waals surface area (Å²) in [7, 11) is 0. The molecule has 4 rings (SSSR count). The first-order chi connectivity index (χ1) is 13.9. The van der Waals surface area contributed by atoms with Crippen LogP contribution in [-0.2, 0) is 4.79 Å². The molecule has 29 heavy (non-hydrogen) atoms. The second-order valence-electron chi connectivity index (χ2n) is 7.05. The zero-order valence-corrected chi connectivity index (χ0v) is 17.8. The molecule has 2 fully saturated rings. The summed E-state index contributed by atoms with van der Waals surface area (Å²) in [5.74, 6) is -0.159. The van der Waals surface area contributed by atoms with Crippen molar-refractivity contribution in [3.63, 3.8) is 0 Å². The van der Waals surface area contributed by atoms with Crippen molar-refractivity contribution in [1.82, 2.24) is 4.90 Å². The van der Waals surface area contributed by atoms with Crippen molar-refractivity contribution >= 4 is 57.9 Å². The molecule has 1 aliphatic heterocycles. The standard InChI is InChI=1S/C21H18ClNO4S2/c22-16-8-6-12(10-15(16)20(25)26)17-9-7-14(27-17)11-18-19(24)23(21(28)29-18)13-4-2-1-3-5-13/h6-11,13H,1-5H2,(H,25,26)/b18-11+. The van der Waals surface area contributed by atoms with E-state index in [9.17, 15) is 14.7 Å². The van der Waals surface area contributed by atoms with E-state index >= 15 is 0 Å². The summed E-state index contributed by atoms with van der Waals surface area (Å²) in [4.78, 5) is 26.5. The van der Waals surface area contributed by atoms with Crippen LogP contribution >= 0.6 is 35.6 Å². The van der Waals surface area contributed by atoms with Gasteiger partial charge >= 0.3 is 5.97 Å². The molecule has 2 aromatic rings. The van der Waals surface area contributed by atoms with Gasteiger partial charge in [-0.25, -0.2) is 4.79 Å². The summed E-state index contributed by atoms with van der Waals surface area (Å²) in [6.45, 7) is 0. The number of carboxylic acid groups (broad SMARTS) is 1. The number of nitrogens with zero attached hydrogens (tertiary/aromatic N) is 1. The lowest BCUT2D eigenvalue weighted by Gasteiger charge is -2.29. The van der Waals surface area contributed by atoms with Crippen LogP contribution in [-0.4, -0.2) is 32.2 Å². The van der Waals surface area contributed by atoms with Crippen LogP contribution in [0.5, 0.6) is 0 Å². The van der Waals surface area contributed by atoms with Gasteiger partial charge in [-0.1, -0.05) is 54.8 Å². The van der Waals surface area contributed by atoms with Gasteiger partial charge in [-0.3, -0.25) is 9.69 Å². The number of thiocarbonyl (C=S) groups is 1. The quantitative estimate of drug-likeness (QED) is 0.469. The lowest BCUT2D eigenvalue weighted by atomic mass is 9.94. The molecule has 1 N–H and O–H groups in total. The van der Waals surface area contributed by atoms with E-state index in [1.54, 1.807) is 29.2 Å². The van der Waals surface area contributed by atoms with E-state index in [1.807, 2.05) is 0 Å². The minimum absolute atomic E-state index is 0.00969. The molecule has 0 radical (unpaired) electrons. The Labute approximate surface area is 182 Å². The van der Waals surface area contributed by atoms with Gasteiger partial charge in [0.2, 0.25) is 0 Å². The third kappa shape index (κ3) is 4.13. The number of carbonyl (C=O) groups is 2. The number of aromatic carboxylic acids is 1. The predicted molar refractivity (Wildman–Crippen MR) is 118 cm³/mol. The van der Waals surface area contributed by atoms with Crippen molar-refractivity contribution in [3.8, 4) is 11.3 Å². The maximum absolute atomic E-state index is 12.9. The van der Waals surface area contributed by atoms with E-state index in [1.165, 1.54) is 30.3 Å². The Hall–Kier alpha value is -2.09. The van der Waals surface area contributed by atoms with Gasteiger partial charge in [0.1, 0.15) is 15.8 Å². The number of furan rings is 1. The van der Waals surface area contributed by atoms with Gasteiger partial charge in [0, 0.05) is 17.7 Å². The SMILES string of the molecule is O=C(O)c1cc(-c2ccc(/C=C3/SC(=S)N(C4CCCCC4)C3=O)o2)ccc1Cl. The van der Waals surface area contributed by atoms with Crippen molar-refractivity contribution in [1.29, 1.82) is 0 Å². The molecule has 2 aliphatic rings. The number of benzene rings is 1. The smallest absolute Gasteiger partial charge is 0.337 e. The number of hydrogen-bond donors (Lipinski definition) is 1. The molecule has 5 nitrogen and oxygen atoms in total. The molecular weight excluding hydrogens is 430 g/mol. The zero-order valence-electron chi connectivity index (χ0n) is 15.4. The van der Waals surface area contributed by atoms with Crippen molar-refractivity contribution in [3.05, 3.63) is 51.6 Å². The third-order valence-electron chi connectivity index (χ3n) is 5.14. The monoisotopic (exact) mass is 447 g/mol. The minimum atomic E-state index is -1.10. The maximum atomic E-state index is 12.9. The number of rotatable bonds is 4. The van der Waals surface area contributed by atoms with Gasteiger partial charge in [-0.05, 0) is 43.2 Å². The molecule has 1 aromatic carbocycles. The topological polar surface area (TPSA) is 70.8 Å². The number of carbonyl (C=O) groups excluding carboxylic acids is 1. The Morgan fingerprint density at radius 1 is 1.24 bits per heavy atom. The van der Waals surface area contributed by atoms with E-state index in [0.29, 0.717) is 26.3 Å². The fourth-order valence-corrected chi connectivity index (χ4v) is 5.27. The number of amides is 1. The van der Waals surface area contributed by atoms with E-state index in [4.69, 9.17) is 28.2 Å². The van der Waals surface area contributed by atoms with Crippen LogP contribution in [0.25, 0.3) is 17.4 Å². The molecule has 1 amide bonds. The summed E-state index contributed by atoms with van der Waals surface area (Å²) < 4.78 is 6.43. The maximum Gasteiger partial charge on any atom is 0.337 e. The highest BCUT2D eigenvalue weighted by Crippen LogP contribution is 2.38. The van der Waals surface area contributed by atoms with Gasteiger partial charge in [0.25, 0.3) is 5.91 Å². The van der Waals surface area contributed by atoms with E-state index < -0.39 is 5.97 Å². The van der Waals surface area contributed by atoms with Crippen LogP contribution in [0.2, 0.25) is 5.02 Å². The van der Waals surface area contributed by atoms with Gasteiger partial charge in [0.15, 0.2) is 0 Å². The van der Waals surface area contributed by atoms with Crippen molar-refractivity contribution in [2.45, 2.75) is 38.1 Å². The fraction of sp³-hybridized carbons (Fsp3) is 0.286. The normalized spacial score (nSPS) is 19.3. The summed E-state index contributed by atoms with van der Waals surface area (Å²) in [6, 6.07) is 8.37. The van der Waals surface area contributed by atoms with Crippen LogP contribution in [0.4, 0.5) is 0 Å². The van der Waals surface area contributed by atoms with E-state index in [0.717, 1.165) is 25.7 Å². The molecule has 8 heteroatoms. The van der Waals surface area contributed by atoms with Crippen LogP contribution in [0.3, 0.4) is 0 Å². The molecule has 0 spiro atoms. The molecule has 1 saturated carbocycles. The number of carboxylic acids is 1. The summed E-state index contributed by atoms with van der Waals surface area (Å²) in [6.07, 6.45) is 7.15. The first-order valence-corrected chi connectivity index (χ1v) is 10.9. The first-order valence-electron chi connectivity index (χ1n) is 9.34. The van der Waals surface area contributed by atoms with Crippen LogP contribution in [0.1, 0.15) is 48.2 Å². The lowest BCUT2D eigenvalue weighted by molar-refractivity contribution is -0.124. The molecule has 1 aromatic heterocycles. The van der Waals surface area contributed by atoms with Crippen LogP contribution in [0.15, 0.2) is 39.7 Å². The number of thioether (sulfide) groups is 1. The molecule has 150 valence electrons.